The number of carbonyl (C=O) groups is 3. The molecule has 194 valence electrons. The van der Waals surface area contributed by atoms with E-state index in [1.165, 1.54) is 23.7 Å². The zero-order valence-electron chi connectivity index (χ0n) is 21.4. The lowest BCUT2D eigenvalue weighted by atomic mass is 9.97. The van der Waals surface area contributed by atoms with Gasteiger partial charge >= 0.3 is 11.9 Å². The number of hydrogen-bond acceptors (Lipinski definition) is 6. The number of nitrogens with one attached hydrogen (secondary N) is 1. The van der Waals surface area contributed by atoms with Crippen molar-refractivity contribution in [3.63, 3.8) is 0 Å². The highest BCUT2D eigenvalue weighted by Crippen LogP contribution is 2.31. The highest BCUT2D eigenvalue weighted by molar-refractivity contribution is 6.07. The maximum absolute atomic E-state index is 13.5. The van der Waals surface area contributed by atoms with Crippen molar-refractivity contribution >= 4 is 34.3 Å². The quantitative estimate of drug-likeness (QED) is 0.335. The van der Waals surface area contributed by atoms with Crippen molar-refractivity contribution in [3.8, 4) is 11.1 Å². The Balaban J connectivity index is 1.64. The van der Waals surface area contributed by atoms with Gasteiger partial charge in [0, 0.05) is 23.7 Å². The number of pyridine rings is 1. The van der Waals surface area contributed by atoms with Gasteiger partial charge < -0.3 is 19.4 Å². The number of aromatic nitrogens is 1. The fourth-order valence-electron chi connectivity index (χ4n) is 4.24. The van der Waals surface area contributed by atoms with Crippen molar-refractivity contribution in [3.05, 3.63) is 100 Å². The molecule has 3 aromatic carbocycles. The molecule has 0 saturated carbocycles. The monoisotopic (exact) mass is 512 g/mol. The summed E-state index contributed by atoms with van der Waals surface area (Å²) < 4.78 is 11.9. The Morgan fingerprint density at radius 3 is 2.11 bits per heavy atom. The number of esters is 2. The molecular weight excluding hydrogens is 484 g/mol. The lowest BCUT2D eigenvalue weighted by Gasteiger charge is -2.20. The Kier molecular flexibility index (Phi) is 8.01. The topological polar surface area (TPSA) is 104 Å². The Hall–Kier alpha value is -4.72. The molecule has 4 rings (SSSR count). The summed E-state index contributed by atoms with van der Waals surface area (Å²) in [4.78, 5) is 51.5. The summed E-state index contributed by atoms with van der Waals surface area (Å²) in [6, 6.07) is 22.6. The van der Waals surface area contributed by atoms with E-state index < -0.39 is 23.9 Å². The minimum Gasteiger partial charge on any atom is -0.462 e. The molecule has 1 heterocycles. The van der Waals surface area contributed by atoms with E-state index in [0.717, 1.165) is 5.56 Å². The first kappa shape index (κ1) is 26.3. The second-order valence-corrected chi connectivity index (χ2v) is 8.59. The predicted octanol–water partition coefficient (Wildman–Crippen LogP) is 4.96. The number of nitrogens with zero attached hydrogens (tertiary/aromatic N) is 1. The molecule has 0 radical (unpaired) electrons. The van der Waals surface area contributed by atoms with E-state index in [1.54, 1.807) is 50.2 Å². The van der Waals surface area contributed by atoms with Gasteiger partial charge in [0.15, 0.2) is 6.10 Å². The molecule has 0 aliphatic heterocycles. The molecule has 0 spiro atoms. The second kappa shape index (κ2) is 11.6. The predicted molar refractivity (Wildman–Crippen MR) is 145 cm³/mol. The molecule has 8 nitrogen and oxygen atoms in total. The number of fused-ring (bicyclic) bond motifs is 1. The number of rotatable bonds is 8. The fourth-order valence-corrected chi connectivity index (χ4v) is 4.24. The van der Waals surface area contributed by atoms with Crippen LogP contribution in [0.5, 0.6) is 0 Å². The van der Waals surface area contributed by atoms with Crippen LogP contribution in [0, 0.1) is 0 Å². The average Bonchev–Trinajstić information content (AvgIpc) is 2.94. The molecular formula is C30H28N2O6. The number of carbonyl (C=O) groups excluding carboxylic acids is 3. The minimum atomic E-state index is -1.11. The Morgan fingerprint density at radius 1 is 0.842 bits per heavy atom. The van der Waals surface area contributed by atoms with E-state index in [9.17, 15) is 19.2 Å². The molecule has 1 unspecified atom stereocenters. The molecule has 0 aliphatic rings. The van der Waals surface area contributed by atoms with Crippen LogP contribution in [-0.4, -0.2) is 35.1 Å². The van der Waals surface area contributed by atoms with Crippen molar-refractivity contribution in [1.82, 2.24) is 4.57 Å². The van der Waals surface area contributed by atoms with Crippen LogP contribution in [0.25, 0.3) is 21.9 Å². The molecule has 1 amide bonds. The third-order valence-corrected chi connectivity index (χ3v) is 6.14. The third kappa shape index (κ3) is 5.34. The number of benzene rings is 3. The van der Waals surface area contributed by atoms with Crippen molar-refractivity contribution < 1.29 is 23.9 Å². The number of amides is 1. The minimum absolute atomic E-state index is 0.0601. The molecule has 38 heavy (non-hydrogen) atoms. The zero-order valence-corrected chi connectivity index (χ0v) is 21.4. The highest BCUT2D eigenvalue weighted by Gasteiger charge is 2.27. The SMILES string of the molecule is CCOC(=O)c1ccc(NC(=O)C(CC)OC(=O)c2c(-c3ccccc3)c3ccccc3c(=O)n2C)cc1. The maximum Gasteiger partial charge on any atom is 0.356 e. The molecule has 4 aromatic rings. The van der Waals surface area contributed by atoms with Gasteiger partial charge in [-0.1, -0.05) is 55.5 Å². The first-order valence-corrected chi connectivity index (χ1v) is 12.3. The molecule has 1 atom stereocenters. The lowest BCUT2D eigenvalue weighted by molar-refractivity contribution is -0.124. The van der Waals surface area contributed by atoms with Crippen molar-refractivity contribution in [1.29, 1.82) is 0 Å². The van der Waals surface area contributed by atoms with Crippen LogP contribution in [0.15, 0.2) is 83.7 Å². The van der Waals surface area contributed by atoms with Gasteiger partial charge in [0.2, 0.25) is 0 Å². The number of ether oxygens (including phenoxy) is 2. The van der Waals surface area contributed by atoms with E-state index >= 15 is 0 Å². The van der Waals surface area contributed by atoms with Crippen LogP contribution >= 0.6 is 0 Å². The van der Waals surface area contributed by atoms with E-state index in [0.29, 0.717) is 27.6 Å². The Morgan fingerprint density at radius 2 is 1.47 bits per heavy atom. The van der Waals surface area contributed by atoms with Gasteiger partial charge in [-0.05, 0) is 54.6 Å². The second-order valence-electron chi connectivity index (χ2n) is 8.59. The summed E-state index contributed by atoms with van der Waals surface area (Å²) in [5.41, 5.74) is 1.80. The van der Waals surface area contributed by atoms with Crippen LogP contribution in [0.2, 0.25) is 0 Å². The van der Waals surface area contributed by atoms with Gasteiger partial charge in [-0.15, -0.1) is 0 Å². The van der Waals surface area contributed by atoms with Crippen molar-refractivity contribution in [2.75, 3.05) is 11.9 Å². The summed E-state index contributed by atoms with van der Waals surface area (Å²) in [5.74, 6) is -1.77. The van der Waals surface area contributed by atoms with Gasteiger partial charge in [-0.2, -0.15) is 0 Å². The van der Waals surface area contributed by atoms with Gasteiger partial charge in [0.25, 0.3) is 11.5 Å². The standard InChI is InChI=1S/C30H28N2O6/c1-4-24(27(33)31-21-17-15-20(16-18-21)29(35)37-5-2)38-30(36)26-25(19-11-7-6-8-12-19)22-13-9-10-14-23(22)28(34)32(26)3/h6-18,24H,4-5H2,1-3H3,(H,31,33). The summed E-state index contributed by atoms with van der Waals surface area (Å²) in [7, 11) is 1.52. The third-order valence-electron chi connectivity index (χ3n) is 6.14. The Bertz CT molecular complexity index is 1540. The Labute approximate surface area is 219 Å². The van der Waals surface area contributed by atoms with E-state index in [-0.39, 0.29) is 24.3 Å². The molecule has 8 heteroatoms. The van der Waals surface area contributed by atoms with Gasteiger partial charge in [-0.3, -0.25) is 9.59 Å². The highest BCUT2D eigenvalue weighted by atomic mass is 16.5. The van der Waals surface area contributed by atoms with Crippen LogP contribution in [-0.2, 0) is 21.3 Å². The normalized spacial score (nSPS) is 11.6. The van der Waals surface area contributed by atoms with Crippen LogP contribution < -0.4 is 10.9 Å². The molecule has 1 N–H and O–H groups in total. The summed E-state index contributed by atoms with van der Waals surface area (Å²) in [5, 5.41) is 3.81. The van der Waals surface area contributed by atoms with Crippen molar-refractivity contribution in [2.45, 2.75) is 26.4 Å². The summed E-state index contributed by atoms with van der Waals surface area (Å²) in [6.07, 6.45) is -0.904. The zero-order chi connectivity index (χ0) is 27.2. The van der Waals surface area contributed by atoms with Gasteiger partial charge in [0.05, 0.1) is 12.2 Å². The van der Waals surface area contributed by atoms with Crippen LogP contribution in [0.3, 0.4) is 0 Å². The lowest BCUT2D eigenvalue weighted by Crippen LogP contribution is -2.34. The number of anilines is 1. The number of hydrogen-bond donors (Lipinski definition) is 1. The van der Waals surface area contributed by atoms with Gasteiger partial charge in [0.1, 0.15) is 5.69 Å². The van der Waals surface area contributed by atoms with Crippen molar-refractivity contribution in [2.24, 2.45) is 7.05 Å². The molecule has 0 fully saturated rings. The first-order valence-electron chi connectivity index (χ1n) is 12.3. The van der Waals surface area contributed by atoms with E-state index in [2.05, 4.69) is 5.32 Å². The first-order chi connectivity index (χ1) is 18.3. The van der Waals surface area contributed by atoms with Crippen LogP contribution in [0.4, 0.5) is 5.69 Å². The molecule has 0 bridgehead atoms. The smallest absolute Gasteiger partial charge is 0.356 e. The summed E-state index contributed by atoms with van der Waals surface area (Å²) >= 11 is 0. The van der Waals surface area contributed by atoms with E-state index in [4.69, 9.17) is 9.47 Å². The average molecular weight is 513 g/mol. The largest absolute Gasteiger partial charge is 0.462 e. The van der Waals surface area contributed by atoms with Gasteiger partial charge in [-0.25, -0.2) is 9.59 Å². The maximum atomic E-state index is 13.5. The summed E-state index contributed by atoms with van der Waals surface area (Å²) in [6.45, 7) is 3.70. The fraction of sp³-hybridized carbons (Fsp3) is 0.200. The molecule has 0 aliphatic carbocycles. The molecule has 0 saturated heterocycles. The van der Waals surface area contributed by atoms with Crippen LogP contribution in [0.1, 0.15) is 41.1 Å². The molecule has 1 aromatic heterocycles. The van der Waals surface area contributed by atoms with E-state index in [1.807, 2.05) is 30.3 Å².